The summed E-state index contributed by atoms with van der Waals surface area (Å²) in [6.07, 6.45) is -4.80. The Bertz CT molecular complexity index is 229. The van der Waals surface area contributed by atoms with E-state index in [-0.39, 0.29) is 31.5 Å². The number of amides is 1. The van der Waals surface area contributed by atoms with Crippen LogP contribution in [0.3, 0.4) is 0 Å². The second-order valence-electron chi connectivity index (χ2n) is 3.63. The van der Waals surface area contributed by atoms with Crippen LogP contribution >= 0.6 is 0 Å². The van der Waals surface area contributed by atoms with Gasteiger partial charge in [-0.05, 0) is 5.92 Å². The number of rotatable bonds is 1. The quantitative estimate of drug-likeness (QED) is 0.691. The summed E-state index contributed by atoms with van der Waals surface area (Å²) >= 11 is 0. The molecule has 0 aliphatic carbocycles. The van der Waals surface area contributed by atoms with Gasteiger partial charge in [-0.25, -0.2) is 0 Å². The van der Waals surface area contributed by atoms with Crippen molar-refractivity contribution >= 4 is 5.91 Å². The molecule has 1 rings (SSSR count). The minimum Gasteiger partial charge on any atom is -0.396 e. The summed E-state index contributed by atoms with van der Waals surface area (Å²) in [5, 5.41) is 8.82. The molecule has 1 fully saturated rings. The predicted octanol–water partition coefficient (Wildman–Crippen LogP) is 0.635. The average Bonchev–Trinajstić information content (AvgIpc) is 2.43. The predicted molar refractivity (Wildman–Crippen MR) is 42.4 cm³/mol. The van der Waals surface area contributed by atoms with Crippen LogP contribution in [0.4, 0.5) is 13.2 Å². The van der Waals surface area contributed by atoms with Crippen molar-refractivity contribution in [3.05, 3.63) is 0 Å². The normalized spacial score (nSPS) is 28.2. The molecule has 0 spiro atoms. The third kappa shape index (κ3) is 2.17. The van der Waals surface area contributed by atoms with E-state index >= 15 is 0 Å². The number of aliphatic hydroxyl groups excluding tert-OH is 1. The molecule has 0 bridgehead atoms. The van der Waals surface area contributed by atoms with Gasteiger partial charge in [-0.2, -0.15) is 13.2 Å². The van der Waals surface area contributed by atoms with Crippen molar-refractivity contribution in [1.82, 2.24) is 4.90 Å². The highest BCUT2D eigenvalue weighted by Crippen LogP contribution is 2.27. The van der Waals surface area contributed by atoms with Crippen LogP contribution in [0, 0.1) is 11.8 Å². The van der Waals surface area contributed by atoms with Crippen LogP contribution in [0.1, 0.15) is 6.92 Å². The largest absolute Gasteiger partial charge is 0.471 e. The van der Waals surface area contributed by atoms with Crippen molar-refractivity contribution in [3.8, 4) is 0 Å². The summed E-state index contributed by atoms with van der Waals surface area (Å²) in [6, 6.07) is 0. The zero-order chi connectivity index (χ0) is 10.9. The minimum absolute atomic E-state index is 0.00396. The van der Waals surface area contributed by atoms with Crippen LogP contribution in [-0.2, 0) is 4.79 Å². The highest BCUT2D eigenvalue weighted by Gasteiger charge is 2.45. The van der Waals surface area contributed by atoms with E-state index in [0.717, 1.165) is 4.90 Å². The number of carbonyl (C=O) groups excluding carboxylic acids is 1. The van der Waals surface area contributed by atoms with Gasteiger partial charge in [0.15, 0.2) is 0 Å². The molecular weight excluding hydrogens is 199 g/mol. The number of hydrogen-bond acceptors (Lipinski definition) is 2. The fourth-order valence-corrected chi connectivity index (χ4v) is 1.62. The van der Waals surface area contributed by atoms with Crippen molar-refractivity contribution in [1.29, 1.82) is 0 Å². The topological polar surface area (TPSA) is 40.5 Å². The lowest BCUT2D eigenvalue weighted by Gasteiger charge is -2.17. The van der Waals surface area contributed by atoms with Gasteiger partial charge in [0.1, 0.15) is 0 Å². The molecule has 2 atom stereocenters. The van der Waals surface area contributed by atoms with Gasteiger partial charge < -0.3 is 10.0 Å². The Morgan fingerprint density at radius 2 is 2.07 bits per heavy atom. The van der Waals surface area contributed by atoms with Crippen molar-refractivity contribution < 1.29 is 23.1 Å². The number of nitrogens with zero attached hydrogens (tertiary/aromatic N) is 1. The molecule has 3 nitrogen and oxygen atoms in total. The molecule has 0 unspecified atom stereocenters. The highest BCUT2D eigenvalue weighted by molar-refractivity contribution is 5.82. The Kier molecular flexibility index (Phi) is 3.04. The second kappa shape index (κ2) is 3.76. The molecule has 1 heterocycles. The summed E-state index contributed by atoms with van der Waals surface area (Å²) in [6.45, 7) is 1.62. The van der Waals surface area contributed by atoms with E-state index in [1.165, 1.54) is 0 Å². The summed E-state index contributed by atoms with van der Waals surface area (Å²) in [5.41, 5.74) is 0. The molecule has 0 aromatic rings. The maximum absolute atomic E-state index is 12.0. The lowest BCUT2D eigenvalue weighted by molar-refractivity contribution is -0.184. The van der Waals surface area contributed by atoms with Crippen molar-refractivity contribution in [2.75, 3.05) is 19.7 Å². The number of likely N-dealkylation sites (tertiary alicyclic amines) is 1. The first-order valence-electron chi connectivity index (χ1n) is 4.33. The molecule has 0 aromatic carbocycles. The van der Waals surface area contributed by atoms with E-state index in [0.29, 0.717) is 0 Å². The first-order valence-corrected chi connectivity index (χ1v) is 4.33. The van der Waals surface area contributed by atoms with Gasteiger partial charge in [0.25, 0.3) is 0 Å². The Morgan fingerprint density at radius 1 is 1.50 bits per heavy atom. The van der Waals surface area contributed by atoms with Crippen LogP contribution in [0.15, 0.2) is 0 Å². The fourth-order valence-electron chi connectivity index (χ4n) is 1.62. The fraction of sp³-hybridized carbons (Fsp3) is 0.875. The monoisotopic (exact) mass is 211 g/mol. The molecule has 1 amide bonds. The van der Waals surface area contributed by atoms with E-state index < -0.39 is 12.1 Å². The van der Waals surface area contributed by atoms with E-state index in [4.69, 9.17) is 5.11 Å². The molecule has 82 valence electrons. The lowest BCUT2D eigenvalue weighted by Crippen LogP contribution is -2.39. The number of halogens is 3. The van der Waals surface area contributed by atoms with Crippen LogP contribution < -0.4 is 0 Å². The van der Waals surface area contributed by atoms with Crippen molar-refractivity contribution in [2.24, 2.45) is 11.8 Å². The lowest BCUT2D eigenvalue weighted by atomic mass is 10.00. The van der Waals surface area contributed by atoms with Crippen LogP contribution in [0.5, 0.6) is 0 Å². The molecule has 1 N–H and O–H groups in total. The van der Waals surface area contributed by atoms with Crippen LogP contribution in [0.2, 0.25) is 0 Å². The van der Waals surface area contributed by atoms with Crippen molar-refractivity contribution in [2.45, 2.75) is 13.1 Å². The second-order valence-corrected chi connectivity index (χ2v) is 3.63. The third-order valence-electron chi connectivity index (χ3n) is 2.53. The molecule has 0 radical (unpaired) electrons. The molecule has 6 heteroatoms. The van der Waals surface area contributed by atoms with E-state index in [1.807, 2.05) is 0 Å². The standard InChI is InChI=1S/C8H12F3NO2/c1-5-2-12(3-6(5)4-13)7(14)8(9,10)11/h5-6,13H,2-4H2,1H3/t5-,6+/m0/s1. The summed E-state index contributed by atoms with van der Waals surface area (Å²) in [4.78, 5) is 11.5. The molecule has 1 aliphatic rings. The third-order valence-corrected chi connectivity index (χ3v) is 2.53. The number of hydrogen-bond donors (Lipinski definition) is 1. The van der Waals surface area contributed by atoms with Gasteiger partial charge in [-0.3, -0.25) is 4.79 Å². The van der Waals surface area contributed by atoms with Gasteiger partial charge in [0.05, 0.1) is 0 Å². The first kappa shape index (κ1) is 11.3. The first-order chi connectivity index (χ1) is 6.36. The van der Waals surface area contributed by atoms with Gasteiger partial charge in [-0.15, -0.1) is 0 Å². The Hall–Kier alpha value is -0.780. The van der Waals surface area contributed by atoms with E-state index in [2.05, 4.69) is 0 Å². The zero-order valence-corrected chi connectivity index (χ0v) is 7.71. The highest BCUT2D eigenvalue weighted by atomic mass is 19.4. The number of aliphatic hydroxyl groups is 1. The molecule has 14 heavy (non-hydrogen) atoms. The molecule has 1 saturated heterocycles. The molecule has 0 saturated carbocycles. The number of carbonyl (C=O) groups is 1. The maximum atomic E-state index is 12.0. The smallest absolute Gasteiger partial charge is 0.396 e. The Labute approximate surface area is 79.5 Å². The van der Waals surface area contributed by atoms with Crippen LogP contribution in [-0.4, -0.2) is 41.8 Å². The van der Waals surface area contributed by atoms with Gasteiger partial charge in [0.2, 0.25) is 0 Å². The van der Waals surface area contributed by atoms with E-state index in [9.17, 15) is 18.0 Å². The minimum atomic E-state index is -4.80. The van der Waals surface area contributed by atoms with Crippen molar-refractivity contribution in [3.63, 3.8) is 0 Å². The zero-order valence-electron chi connectivity index (χ0n) is 7.71. The maximum Gasteiger partial charge on any atom is 0.471 e. The molecular formula is C8H12F3NO2. The SMILES string of the molecule is C[C@H]1CN(C(=O)C(F)(F)F)C[C@@H]1CO. The van der Waals surface area contributed by atoms with Gasteiger partial charge in [0, 0.05) is 25.6 Å². The summed E-state index contributed by atoms with van der Waals surface area (Å²) in [7, 11) is 0. The summed E-state index contributed by atoms with van der Waals surface area (Å²) < 4.78 is 36.0. The van der Waals surface area contributed by atoms with E-state index in [1.54, 1.807) is 6.92 Å². The Balaban J connectivity index is 2.62. The van der Waals surface area contributed by atoms with Gasteiger partial charge in [-0.1, -0.05) is 6.92 Å². The molecule has 1 aliphatic heterocycles. The Morgan fingerprint density at radius 3 is 2.43 bits per heavy atom. The van der Waals surface area contributed by atoms with Crippen LogP contribution in [0.25, 0.3) is 0 Å². The summed E-state index contributed by atoms with van der Waals surface area (Å²) in [5.74, 6) is -2.12. The number of alkyl halides is 3. The average molecular weight is 211 g/mol. The molecule has 0 aromatic heterocycles. The van der Waals surface area contributed by atoms with Gasteiger partial charge >= 0.3 is 12.1 Å².